The monoisotopic (exact) mass is 378 g/mol. The third-order valence-corrected chi connectivity index (χ3v) is 3.52. The van der Waals surface area contributed by atoms with Crippen LogP contribution in [0.1, 0.15) is 31.0 Å². The maximum absolute atomic E-state index is 13.2. The van der Waals surface area contributed by atoms with Crippen molar-refractivity contribution in [1.29, 1.82) is 0 Å². The van der Waals surface area contributed by atoms with Gasteiger partial charge >= 0.3 is 6.18 Å². The Morgan fingerprint density at radius 3 is 2.38 bits per heavy atom. The van der Waals surface area contributed by atoms with E-state index in [-0.39, 0.29) is 22.5 Å². The highest BCUT2D eigenvalue weighted by Gasteiger charge is 2.34. The Balaban J connectivity index is 2.67. The van der Waals surface area contributed by atoms with Crippen molar-refractivity contribution in [2.75, 3.05) is 0 Å². The molecule has 2 nitrogen and oxygen atoms in total. The summed E-state index contributed by atoms with van der Waals surface area (Å²) in [4.78, 5) is 8.13. The number of rotatable bonds is 2. The summed E-state index contributed by atoms with van der Waals surface area (Å²) in [6, 6.07) is 5.42. The van der Waals surface area contributed by atoms with Gasteiger partial charge in [-0.3, -0.25) is 0 Å². The molecule has 0 aliphatic rings. The Morgan fingerprint density at radius 1 is 1.14 bits per heavy atom. The smallest absolute Gasteiger partial charge is 0.233 e. The lowest BCUT2D eigenvalue weighted by Gasteiger charge is -2.14. The Labute approximate surface area is 133 Å². The number of hydrogen-bond donors (Lipinski definition) is 0. The van der Waals surface area contributed by atoms with Crippen molar-refractivity contribution in [3.63, 3.8) is 0 Å². The average Bonchev–Trinajstić information content (AvgIpc) is 2.36. The van der Waals surface area contributed by atoms with Gasteiger partial charge in [0, 0.05) is 15.7 Å². The molecule has 2 aromatic rings. The molecule has 0 aliphatic heterocycles. The maximum atomic E-state index is 13.2. The summed E-state index contributed by atoms with van der Waals surface area (Å²) in [5, 5.41) is 0.125. The first kappa shape index (κ1) is 16.2. The first-order valence-electron chi connectivity index (χ1n) is 6.10. The Bertz CT molecular complexity index is 672. The molecule has 0 fully saturated rings. The van der Waals surface area contributed by atoms with Crippen LogP contribution < -0.4 is 0 Å². The van der Waals surface area contributed by atoms with Crippen molar-refractivity contribution < 1.29 is 13.2 Å². The molecule has 1 heterocycles. The highest BCUT2D eigenvalue weighted by molar-refractivity contribution is 9.10. The molecular formula is C14H11BrClF3N2. The van der Waals surface area contributed by atoms with Gasteiger partial charge in [-0.25, -0.2) is 9.97 Å². The molecule has 0 spiro atoms. The molecule has 2 rings (SSSR count). The van der Waals surface area contributed by atoms with E-state index >= 15 is 0 Å². The van der Waals surface area contributed by atoms with E-state index < -0.39 is 11.7 Å². The van der Waals surface area contributed by atoms with Crippen LogP contribution in [0.4, 0.5) is 13.2 Å². The van der Waals surface area contributed by atoms with Crippen LogP contribution >= 0.6 is 27.5 Å². The topological polar surface area (TPSA) is 25.8 Å². The predicted octanol–water partition coefficient (Wildman–Crippen LogP) is 5.70. The predicted molar refractivity (Wildman–Crippen MR) is 79.3 cm³/mol. The van der Waals surface area contributed by atoms with Gasteiger partial charge in [-0.1, -0.05) is 41.4 Å². The van der Waals surface area contributed by atoms with Crippen LogP contribution in [0.3, 0.4) is 0 Å². The third-order valence-electron chi connectivity index (χ3n) is 2.83. The normalized spacial score (nSPS) is 12.0. The molecule has 0 saturated heterocycles. The zero-order valence-electron chi connectivity index (χ0n) is 11.2. The average molecular weight is 380 g/mol. The maximum Gasteiger partial charge on any atom is 0.417 e. The van der Waals surface area contributed by atoms with Crippen LogP contribution in [0.2, 0.25) is 5.15 Å². The molecule has 7 heteroatoms. The number of aromatic nitrogens is 2. The van der Waals surface area contributed by atoms with Crippen molar-refractivity contribution >= 4 is 27.5 Å². The summed E-state index contributed by atoms with van der Waals surface area (Å²) in [5.74, 6) is 0.0139. The summed E-state index contributed by atoms with van der Waals surface area (Å²) in [6.45, 7) is 3.77. The Hall–Kier alpha value is -1.14. The lowest BCUT2D eigenvalue weighted by Crippen LogP contribution is -2.09. The standard InChI is InChI=1S/C14H11BrClF3N2/c1-7(2)11-6-12(16)21-13(20-11)9-4-3-8(15)5-10(9)14(17,18)19/h3-7H,1-2H3. The van der Waals surface area contributed by atoms with E-state index in [9.17, 15) is 13.2 Å². The van der Waals surface area contributed by atoms with Gasteiger partial charge in [-0.15, -0.1) is 0 Å². The summed E-state index contributed by atoms with van der Waals surface area (Å²) < 4.78 is 39.8. The lowest BCUT2D eigenvalue weighted by atomic mass is 10.1. The van der Waals surface area contributed by atoms with Crippen LogP contribution in [0.25, 0.3) is 11.4 Å². The minimum absolute atomic E-state index is 0.0222. The van der Waals surface area contributed by atoms with E-state index in [4.69, 9.17) is 11.6 Å². The number of benzene rings is 1. The molecule has 0 saturated carbocycles. The Morgan fingerprint density at radius 2 is 1.81 bits per heavy atom. The summed E-state index contributed by atoms with van der Waals surface area (Å²) in [7, 11) is 0. The van der Waals surface area contributed by atoms with Gasteiger partial charge in [0.25, 0.3) is 0 Å². The highest BCUT2D eigenvalue weighted by Crippen LogP contribution is 2.38. The van der Waals surface area contributed by atoms with E-state index in [1.807, 2.05) is 13.8 Å². The SMILES string of the molecule is CC(C)c1cc(Cl)nc(-c2ccc(Br)cc2C(F)(F)F)n1. The molecule has 0 aliphatic carbocycles. The van der Waals surface area contributed by atoms with Crippen molar-refractivity contribution in [3.05, 3.63) is 45.1 Å². The van der Waals surface area contributed by atoms with Gasteiger partial charge in [0.2, 0.25) is 0 Å². The van der Waals surface area contributed by atoms with Crippen LogP contribution in [0, 0.1) is 0 Å². The molecule has 0 N–H and O–H groups in total. The van der Waals surface area contributed by atoms with Crippen LogP contribution in [-0.4, -0.2) is 9.97 Å². The molecule has 1 aromatic heterocycles. The second kappa shape index (κ2) is 5.93. The molecule has 21 heavy (non-hydrogen) atoms. The summed E-state index contributed by atoms with van der Waals surface area (Å²) in [5.41, 5.74) is -0.287. The fraction of sp³-hybridized carbons (Fsp3) is 0.286. The Kier molecular flexibility index (Phi) is 4.58. The van der Waals surface area contributed by atoms with E-state index in [0.29, 0.717) is 10.2 Å². The third kappa shape index (κ3) is 3.74. The molecule has 1 aromatic carbocycles. The van der Waals surface area contributed by atoms with Gasteiger partial charge < -0.3 is 0 Å². The van der Waals surface area contributed by atoms with Crippen LogP contribution in [0.15, 0.2) is 28.7 Å². The zero-order valence-corrected chi connectivity index (χ0v) is 13.5. The summed E-state index contributed by atoms with van der Waals surface area (Å²) >= 11 is 8.95. The largest absolute Gasteiger partial charge is 0.417 e. The zero-order chi connectivity index (χ0) is 15.8. The van der Waals surface area contributed by atoms with Crippen molar-refractivity contribution in [2.45, 2.75) is 25.9 Å². The van der Waals surface area contributed by atoms with Gasteiger partial charge in [-0.05, 0) is 30.2 Å². The molecule has 0 bridgehead atoms. The van der Waals surface area contributed by atoms with Crippen molar-refractivity contribution in [1.82, 2.24) is 9.97 Å². The van der Waals surface area contributed by atoms with Crippen LogP contribution in [-0.2, 0) is 6.18 Å². The number of alkyl halides is 3. The second-order valence-electron chi connectivity index (χ2n) is 4.78. The first-order valence-corrected chi connectivity index (χ1v) is 7.27. The van der Waals surface area contributed by atoms with Crippen molar-refractivity contribution in [3.8, 4) is 11.4 Å². The molecular weight excluding hydrogens is 369 g/mol. The highest BCUT2D eigenvalue weighted by atomic mass is 79.9. The number of hydrogen-bond acceptors (Lipinski definition) is 2. The van der Waals surface area contributed by atoms with E-state index in [2.05, 4.69) is 25.9 Å². The molecule has 112 valence electrons. The van der Waals surface area contributed by atoms with Gasteiger partial charge in [-0.2, -0.15) is 13.2 Å². The molecule has 0 radical (unpaired) electrons. The number of halogens is 5. The second-order valence-corrected chi connectivity index (χ2v) is 6.08. The first-order chi connectivity index (χ1) is 9.68. The van der Waals surface area contributed by atoms with Gasteiger partial charge in [0.15, 0.2) is 5.82 Å². The molecule has 0 amide bonds. The fourth-order valence-electron chi connectivity index (χ4n) is 1.80. The van der Waals surface area contributed by atoms with E-state index in [1.165, 1.54) is 12.1 Å². The summed E-state index contributed by atoms with van der Waals surface area (Å²) in [6.07, 6.45) is -4.50. The van der Waals surface area contributed by atoms with E-state index in [1.54, 1.807) is 6.07 Å². The van der Waals surface area contributed by atoms with E-state index in [0.717, 1.165) is 6.07 Å². The number of nitrogens with zero attached hydrogens (tertiary/aromatic N) is 2. The minimum atomic E-state index is -4.50. The lowest BCUT2D eigenvalue weighted by molar-refractivity contribution is -0.137. The quantitative estimate of drug-likeness (QED) is 0.625. The minimum Gasteiger partial charge on any atom is -0.233 e. The molecule has 0 atom stereocenters. The van der Waals surface area contributed by atoms with Gasteiger partial charge in [0.05, 0.1) is 5.56 Å². The molecule has 0 unspecified atom stereocenters. The van der Waals surface area contributed by atoms with Gasteiger partial charge in [0.1, 0.15) is 5.15 Å². The van der Waals surface area contributed by atoms with Crippen LogP contribution in [0.5, 0.6) is 0 Å². The van der Waals surface area contributed by atoms with Crippen molar-refractivity contribution in [2.24, 2.45) is 0 Å². The fourth-order valence-corrected chi connectivity index (χ4v) is 2.35.